The maximum atomic E-state index is 6.21. The number of guanidine groups is 1. The molecule has 132 valence electrons. The number of hydrogen-bond donors (Lipinski definition) is 2. The van der Waals surface area contributed by atoms with E-state index in [1.54, 1.807) is 23.5 Å². The molecular weight excluding hydrogens is 478 g/mol. The summed E-state index contributed by atoms with van der Waals surface area (Å²) in [6.45, 7) is 6.65. The zero-order valence-electron chi connectivity index (χ0n) is 13.7. The first-order valence-electron chi connectivity index (χ1n) is 7.30. The van der Waals surface area contributed by atoms with Gasteiger partial charge in [-0.1, -0.05) is 36.2 Å². The molecule has 8 heteroatoms. The Hall–Kier alpha value is -0.570. The van der Waals surface area contributed by atoms with Crippen LogP contribution in [0.5, 0.6) is 0 Å². The monoisotopic (exact) mass is 498 g/mol. The topological polar surface area (TPSA) is 63.3 Å². The number of thiazole rings is 1. The molecule has 3 N–H and O–H groups in total. The molecule has 2 rings (SSSR count). The number of nitrogens with two attached hydrogens (primary N) is 1. The van der Waals surface area contributed by atoms with E-state index in [1.807, 2.05) is 25.3 Å². The van der Waals surface area contributed by atoms with E-state index in [-0.39, 0.29) is 35.9 Å². The average Bonchev–Trinajstić information content (AvgIpc) is 2.91. The number of benzene rings is 1. The number of halogens is 3. The van der Waals surface area contributed by atoms with Crippen molar-refractivity contribution in [2.75, 3.05) is 6.54 Å². The second kappa shape index (κ2) is 9.79. The second-order valence-electron chi connectivity index (χ2n) is 5.49. The van der Waals surface area contributed by atoms with Crippen LogP contribution in [0.25, 0.3) is 0 Å². The summed E-state index contributed by atoms with van der Waals surface area (Å²) in [5.74, 6) is 0.632. The van der Waals surface area contributed by atoms with Crippen molar-refractivity contribution >= 4 is 64.5 Å². The first-order chi connectivity index (χ1) is 10.9. The van der Waals surface area contributed by atoms with Gasteiger partial charge < -0.3 is 11.1 Å². The van der Waals surface area contributed by atoms with Crippen molar-refractivity contribution in [1.29, 1.82) is 0 Å². The van der Waals surface area contributed by atoms with E-state index in [2.05, 4.69) is 22.2 Å². The lowest BCUT2D eigenvalue weighted by Crippen LogP contribution is -2.34. The number of rotatable bonds is 5. The molecule has 1 heterocycles. The summed E-state index contributed by atoms with van der Waals surface area (Å²) in [6, 6.07) is 5.36. The molecule has 0 aliphatic heterocycles. The van der Waals surface area contributed by atoms with E-state index < -0.39 is 0 Å². The molecule has 0 fully saturated rings. The Labute approximate surface area is 173 Å². The number of nitrogens with one attached hydrogen (secondary N) is 1. The highest BCUT2D eigenvalue weighted by Crippen LogP contribution is 2.26. The Balaban J connectivity index is 0.00000288. The fourth-order valence-electron chi connectivity index (χ4n) is 2.11. The van der Waals surface area contributed by atoms with Crippen LogP contribution in [0.1, 0.15) is 42.1 Å². The Bertz CT molecular complexity index is 705. The maximum Gasteiger partial charge on any atom is 0.189 e. The summed E-state index contributed by atoms with van der Waals surface area (Å²) in [4.78, 5) is 8.88. The van der Waals surface area contributed by atoms with Crippen molar-refractivity contribution < 1.29 is 0 Å². The van der Waals surface area contributed by atoms with Gasteiger partial charge in [0.25, 0.3) is 0 Å². The van der Waals surface area contributed by atoms with Crippen molar-refractivity contribution in [3.63, 3.8) is 0 Å². The van der Waals surface area contributed by atoms with Crippen LogP contribution in [0.3, 0.4) is 0 Å². The zero-order valence-corrected chi connectivity index (χ0v) is 18.4. The highest BCUT2D eigenvalue weighted by Gasteiger charge is 2.12. The average molecular weight is 499 g/mol. The van der Waals surface area contributed by atoms with Gasteiger partial charge in [-0.15, -0.1) is 35.3 Å². The number of aliphatic imine (C=N–C) groups is 1. The van der Waals surface area contributed by atoms with Gasteiger partial charge in [0.05, 0.1) is 17.6 Å². The van der Waals surface area contributed by atoms with Gasteiger partial charge in [0.15, 0.2) is 5.96 Å². The van der Waals surface area contributed by atoms with Crippen LogP contribution in [0, 0.1) is 6.92 Å². The van der Waals surface area contributed by atoms with Gasteiger partial charge in [-0.05, 0) is 31.5 Å². The van der Waals surface area contributed by atoms with E-state index >= 15 is 0 Å². The molecule has 2 unspecified atom stereocenters. The molecule has 0 saturated carbocycles. The standard InChI is InChI=1S/C16H20Cl2N4S.HI/c1-9(15-21-10(2)8-23-15)7-20-16(19)22-11(3)13-5-4-12(17)6-14(13)18;/h4-6,8-9,11H,7H2,1-3H3,(H3,19,20,22);1H. The lowest BCUT2D eigenvalue weighted by Gasteiger charge is -2.17. The van der Waals surface area contributed by atoms with Crippen LogP contribution in [0.4, 0.5) is 0 Å². The maximum absolute atomic E-state index is 6.21. The van der Waals surface area contributed by atoms with E-state index in [1.165, 1.54) is 0 Å². The molecular formula is C16H21Cl2IN4S. The number of aryl methyl sites for hydroxylation is 1. The van der Waals surface area contributed by atoms with E-state index in [4.69, 9.17) is 28.9 Å². The Morgan fingerprint density at radius 2 is 2.08 bits per heavy atom. The van der Waals surface area contributed by atoms with Gasteiger partial charge in [-0.2, -0.15) is 0 Å². The predicted molar refractivity (Wildman–Crippen MR) is 115 cm³/mol. The summed E-state index contributed by atoms with van der Waals surface area (Å²) < 4.78 is 0. The van der Waals surface area contributed by atoms with Crippen molar-refractivity contribution in [2.45, 2.75) is 32.7 Å². The van der Waals surface area contributed by atoms with Gasteiger partial charge in [0.1, 0.15) is 0 Å². The Morgan fingerprint density at radius 1 is 1.38 bits per heavy atom. The molecule has 0 radical (unpaired) electrons. The van der Waals surface area contributed by atoms with E-state index in [0.717, 1.165) is 16.3 Å². The molecule has 4 nitrogen and oxygen atoms in total. The SMILES string of the molecule is Cc1csc(C(C)CN=C(N)NC(C)c2ccc(Cl)cc2Cl)n1.I. The Kier molecular flexibility index (Phi) is 8.76. The van der Waals surface area contributed by atoms with Crippen LogP contribution in [0.2, 0.25) is 10.0 Å². The minimum atomic E-state index is -0.0547. The fourth-order valence-corrected chi connectivity index (χ4v) is 3.53. The molecule has 0 spiro atoms. The molecule has 0 amide bonds. The van der Waals surface area contributed by atoms with E-state index in [9.17, 15) is 0 Å². The molecule has 2 atom stereocenters. The van der Waals surface area contributed by atoms with Gasteiger partial charge in [0.2, 0.25) is 0 Å². The zero-order chi connectivity index (χ0) is 17.0. The van der Waals surface area contributed by atoms with Gasteiger partial charge in [0, 0.05) is 27.0 Å². The molecule has 0 saturated heterocycles. The van der Waals surface area contributed by atoms with Crippen LogP contribution in [-0.2, 0) is 0 Å². The lowest BCUT2D eigenvalue weighted by molar-refractivity contribution is 0.698. The van der Waals surface area contributed by atoms with Gasteiger partial charge >= 0.3 is 0 Å². The quantitative estimate of drug-likeness (QED) is 0.340. The largest absolute Gasteiger partial charge is 0.370 e. The van der Waals surface area contributed by atoms with E-state index in [0.29, 0.717) is 22.5 Å². The van der Waals surface area contributed by atoms with Gasteiger partial charge in [-0.3, -0.25) is 4.99 Å². The molecule has 1 aromatic carbocycles. The fraction of sp³-hybridized carbons (Fsp3) is 0.375. The predicted octanol–water partition coefficient (Wildman–Crippen LogP) is 5.15. The first-order valence-corrected chi connectivity index (χ1v) is 8.93. The number of aromatic nitrogens is 1. The smallest absolute Gasteiger partial charge is 0.189 e. The molecule has 1 aromatic heterocycles. The third-order valence-corrected chi connectivity index (χ3v) is 5.14. The minimum Gasteiger partial charge on any atom is -0.370 e. The third-order valence-electron chi connectivity index (χ3n) is 3.39. The van der Waals surface area contributed by atoms with Crippen LogP contribution < -0.4 is 11.1 Å². The highest BCUT2D eigenvalue weighted by atomic mass is 127. The van der Waals surface area contributed by atoms with Crippen LogP contribution >= 0.6 is 58.5 Å². The lowest BCUT2D eigenvalue weighted by atomic mass is 10.1. The van der Waals surface area contributed by atoms with Crippen molar-refractivity contribution in [3.05, 3.63) is 49.9 Å². The van der Waals surface area contributed by atoms with Crippen molar-refractivity contribution in [3.8, 4) is 0 Å². The molecule has 2 aromatic rings. The summed E-state index contributed by atoms with van der Waals surface area (Å²) in [7, 11) is 0. The van der Waals surface area contributed by atoms with Gasteiger partial charge in [-0.25, -0.2) is 4.98 Å². The number of hydrogen-bond acceptors (Lipinski definition) is 3. The van der Waals surface area contributed by atoms with Crippen LogP contribution in [-0.4, -0.2) is 17.5 Å². The third kappa shape index (κ3) is 6.06. The Morgan fingerprint density at radius 3 is 2.67 bits per heavy atom. The summed E-state index contributed by atoms with van der Waals surface area (Å²) in [5, 5.41) is 7.49. The van der Waals surface area contributed by atoms with Crippen molar-refractivity contribution in [1.82, 2.24) is 10.3 Å². The highest BCUT2D eigenvalue weighted by molar-refractivity contribution is 14.0. The molecule has 0 aliphatic carbocycles. The normalized spacial score (nSPS) is 14.0. The summed E-state index contributed by atoms with van der Waals surface area (Å²) in [5.41, 5.74) is 7.94. The summed E-state index contributed by atoms with van der Waals surface area (Å²) in [6.07, 6.45) is 0. The minimum absolute atomic E-state index is 0. The molecule has 0 bridgehead atoms. The first kappa shape index (κ1) is 21.5. The van der Waals surface area contributed by atoms with Crippen LogP contribution in [0.15, 0.2) is 28.6 Å². The van der Waals surface area contributed by atoms with Crippen molar-refractivity contribution in [2.24, 2.45) is 10.7 Å². The molecule has 0 aliphatic rings. The number of nitrogens with zero attached hydrogens (tertiary/aromatic N) is 2. The summed E-state index contributed by atoms with van der Waals surface area (Å²) >= 11 is 13.8. The molecule has 24 heavy (non-hydrogen) atoms. The second-order valence-corrected chi connectivity index (χ2v) is 7.22.